The summed E-state index contributed by atoms with van der Waals surface area (Å²) < 4.78 is 26.2. The van der Waals surface area contributed by atoms with Gasteiger partial charge in [0.15, 0.2) is 0 Å². The van der Waals surface area contributed by atoms with Gasteiger partial charge >= 0.3 is 0 Å². The number of rotatable bonds is 11. The summed E-state index contributed by atoms with van der Waals surface area (Å²) in [6.45, 7) is 9.81. The largest absolute Gasteiger partial charge is 0.352 e. The molecule has 0 saturated heterocycles. The van der Waals surface area contributed by atoms with Crippen LogP contribution in [0.25, 0.3) is 0 Å². The van der Waals surface area contributed by atoms with Crippen LogP contribution in [0.1, 0.15) is 50.3 Å². The maximum atomic E-state index is 13.3. The normalized spacial score (nSPS) is 12.3. The minimum atomic E-state index is -3.51. The summed E-state index contributed by atoms with van der Waals surface area (Å²) in [7, 11) is -3.51. The average molecular weight is 488 g/mol. The van der Waals surface area contributed by atoms with Crippen molar-refractivity contribution in [3.8, 4) is 0 Å². The Morgan fingerprint density at radius 1 is 1.00 bits per heavy atom. The third-order valence-corrected chi connectivity index (χ3v) is 6.75. The van der Waals surface area contributed by atoms with Gasteiger partial charge in [-0.05, 0) is 58.2 Å². The minimum absolute atomic E-state index is 0.0386. The van der Waals surface area contributed by atoms with E-state index in [1.807, 2.05) is 64.1 Å². The Hall–Kier alpha value is -2.87. The lowest BCUT2D eigenvalue weighted by molar-refractivity contribution is -0.140. The average Bonchev–Trinajstić information content (AvgIpc) is 2.74. The zero-order chi connectivity index (χ0) is 25.5. The number of nitrogens with one attached hydrogen (secondary N) is 1. The van der Waals surface area contributed by atoms with Crippen molar-refractivity contribution in [1.29, 1.82) is 0 Å². The third kappa shape index (κ3) is 7.87. The second kappa shape index (κ2) is 12.0. The summed E-state index contributed by atoms with van der Waals surface area (Å²) in [6.07, 6.45) is 1.63. The quantitative estimate of drug-likeness (QED) is 0.522. The van der Waals surface area contributed by atoms with Gasteiger partial charge in [-0.25, -0.2) is 8.42 Å². The molecule has 2 aromatic rings. The van der Waals surface area contributed by atoms with Crippen LogP contribution in [0.15, 0.2) is 48.5 Å². The number of anilines is 1. The molecule has 2 rings (SSSR count). The molecule has 0 saturated carbocycles. The Kier molecular flexibility index (Phi) is 9.67. The van der Waals surface area contributed by atoms with Crippen molar-refractivity contribution in [1.82, 2.24) is 10.2 Å². The number of carbonyl (C=O) groups is 2. The highest BCUT2D eigenvalue weighted by molar-refractivity contribution is 7.92. The van der Waals surface area contributed by atoms with Gasteiger partial charge in [-0.3, -0.25) is 13.9 Å². The first kappa shape index (κ1) is 27.4. The molecule has 8 heteroatoms. The van der Waals surface area contributed by atoms with E-state index in [-0.39, 0.29) is 30.8 Å². The first-order valence-electron chi connectivity index (χ1n) is 11.6. The first-order valence-corrected chi connectivity index (χ1v) is 13.4. The van der Waals surface area contributed by atoms with Gasteiger partial charge < -0.3 is 10.2 Å². The predicted octanol–water partition coefficient (Wildman–Crippen LogP) is 3.79. The summed E-state index contributed by atoms with van der Waals surface area (Å²) in [6, 6.07) is 14.4. The Balaban J connectivity index is 2.18. The van der Waals surface area contributed by atoms with Crippen LogP contribution in [0, 0.1) is 13.8 Å². The van der Waals surface area contributed by atoms with Crippen LogP contribution in [-0.2, 0) is 26.2 Å². The van der Waals surface area contributed by atoms with E-state index in [1.54, 1.807) is 24.0 Å². The number of amides is 2. The van der Waals surface area contributed by atoms with Crippen LogP contribution in [0.5, 0.6) is 0 Å². The lowest BCUT2D eigenvalue weighted by atomic mass is 10.1. The summed E-state index contributed by atoms with van der Waals surface area (Å²) in [5.74, 6) is -0.403. The third-order valence-electron chi connectivity index (χ3n) is 5.57. The predicted molar refractivity (Wildman–Crippen MR) is 137 cm³/mol. The molecule has 34 heavy (non-hydrogen) atoms. The van der Waals surface area contributed by atoms with E-state index >= 15 is 0 Å². The number of benzene rings is 2. The van der Waals surface area contributed by atoms with Crippen molar-refractivity contribution < 1.29 is 18.0 Å². The number of carbonyl (C=O) groups excluding carboxylic acids is 2. The van der Waals surface area contributed by atoms with Crippen molar-refractivity contribution in [3.05, 3.63) is 65.2 Å². The van der Waals surface area contributed by atoms with Gasteiger partial charge in [0.25, 0.3) is 0 Å². The van der Waals surface area contributed by atoms with E-state index in [4.69, 9.17) is 0 Å². The number of para-hydroxylation sites is 1. The van der Waals surface area contributed by atoms with E-state index < -0.39 is 16.1 Å². The van der Waals surface area contributed by atoms with Crippen LogP contribution in [0.2, 0.25) is 0 Å². The molecule has 2 amide bonds. The van der Waals surface area contributed by atoms with Gasteiger partial charge in [-0.1, -0.05) is 48.0 Å². The molecule has 2 aromatic carbocycles. The van der Waals surface area contributed by atoms with E-state index in [0.717, 1.165) is 16.7 Å². The van der Waals surface area contributed by atoms with Gasteiger partial charge in [0.2, 0.25) is 21.8 Å². The molecule has 1 N–H and O–H groups in total. The van der Waals surface area contributed by atoms with Crippen molar-refractivity contribution in [3.63, 3.8) is 0 Å². The number of sulfonamides is 1. The maximum absolute atomic E-state index is 13.3. The smallest absolute Gasteiger partial charge is 0.242 e. The molecule has 0 fully saturated rings. The van der Waals surface area contributed by atoms with Crippen LogP contribution in [0.3, 0.4) is 0 Å². The van der Waals surface area contributed by atoms with Crippen LogP contribution in [0.4, 0.5) is 5.69 Å². The molecule has 186 valence electrons. The molecule has 0 aromatic heterocycles. The van der Waals surface area contributed by atoms with Crippen LogP contribution < -0.4 is 9.62 Å². The molecule has 0 bridgehead atoms. The lowest BCUT2D eigenvalue weighted by Crippen LogP contribution is -2.49. The fourth-order valence-corrected chi connectivity index (χ4v) is 4.84. The highest BCUT2D eigenvalue weighted by atomic mass is 32.2. The Bertz CT molecular complexity index is 1100. The molecule has 7 nitrogen and oxygen atoms in total. The molecule has 0 heterocycles. The maximum Gasteiger partial charge on any atom is 0.242 e. The highest BCUT2D eigenvalue weighted by Crippen LogP contribution is 2.23. The zero-order valence-corrected chi connectivity index (χ0v) is 21.9. The zero-order valence-electron chi connectivity index (χ0n) is 21.0. The van der Waals surface area contributed by atoms with Crippen LogP contribution in [-0.4, -0.2) is 50.0 Å². The summed E-state index contributed by atoms with van der Waals surface area (Å²) in [5, 5.41) is 2.88. The Morgan fingerprint density at radius 2 is 1.68 bits per heavy atom. The monoisotopic (exact) mass is 487 g/mol. The number of aryl methyl sites for hydroxylation is 2. The van der Waals surface area contributed by atoms with E-state index in [1.165, 1.54) is 10.6 Å². The highest BCUT2D eigenvalue weighted by Gasteiger charge is 2.27. The summed E-state index contributed by atoms with van der Waals surface area (Å²) in [4.78, 5) is 27.6. The van der Waals surface area contributed by atoms with Gasteiger partial charge in [0, 0.05) is 25.6 Å². The second-order valence-electron chi connectivity index (χ2n) is 9.08. The van der Waals surface area contributed by atoms with Crippen molar-refractivity contribution in [2.24, 2.45) is 0 Å². The molecule has 0 aliphatic carbocycles. The standard InChI is InChI=1S/C26H37N3O4S/c1-19(2)27-26(31)22(5)28(18-23-13-9-11-20(3)17-23)25(30)15-10-16-29(34(6,32)33)24-14-8-7-12-21(24)4/h7-9,11-14,17,19,22H,10,15-16,18H2,1-6H3,(H,27,31)/t22-/m0/s1. The topological polar surface area (TPSA) is 86.8 Å². The van der Waals surface area contributed by atoms with Gasteiger partial charge in [-0.2, -0.15) is 0 Å². The van der Waals surface area contributed by atoms with Gasteiger partial charge in [0.1, 0.15) is 6.04 Å². The number of hydrogen-bond acceptors (Lipinski definition) is 4. The molecular weight excluding hydrogens is 450 g/mol. The number of hydrogen-bond donors (Lipinski definition) is 1. The Morgan fingerprint density at radius 3 is 2.26 bits per heavy atom. The lowest BCUT2D eigenvalue weighted by Gasteiger charge is -2.30. The van der Waals surface area contributed by atoms with Crippen molar-refractivity contribution in [2.75, 3.05) is 17.1 Å². The molecule has 0 spiro atoms. The second-order valence-corrected chi connectivity index (χ2v) is 11.0. The molecule has 0 unspecified atom stereocenters. The van der Waals surface area contributed by atoms with Gasteiger partial charge in [-0.15, -0.1) is 0 Å². The van der Waals surface area contributed by atoms with Crippen molar-refractivity contribution >= 4 is 27.5 Å². The van der Waals surface area contributed by atoms with Crippen molar-refractivity contribution in [2.45, 2.75) is 66.1 Å². The summed E-state index contributed by atoms with van der Waals surface area (Å²) >= 11 is 0. The fourth-order valence-electron chi connectivity index (χ4n) is 3.82. The first-order chi connectivity index (χ1) is 15.9. The fraction of sp³-hybridized carbons (Fsp3) is 0.462. The van der Waals surface area contributed by atoms with E-state index in [0.29, 0.717) is 18.7 Å². The Labute approximate surface area is 204 Å². The SMILES string of the molecule is Cc1cccc(CN(C(=O)CCCN(c2ccccc2C)S(C)(=O)=O)[C@@H](C)C(=O)NC(C)C)c1. The van der Waals surface area contributed by atoms with Crippen LogP contribution >= 0.6 is 0 Å². The number of nitrogens with zero attached hydrogens (tertiary/aromatic N) is 2. The molecule has 0 radical (unpaired) electrons. The molecule has 0 aliphatic rings. The van der Waals surface area contributed by atoms with E-state index in [2.05, 4.69) is 5.32 Å². The molecular formula is C26H37N3O4S. The molecule has 1 atom stereocenters. The van der Waals surface area contributed by atoms with E-state index in [9.17, 15) is 18.0 Å². The minimum Gasteiger partial charge on any atom is -0.352 e. The molecule has 0 aliphatic heterocycles. The summed E-state index contributed by atoms with van der Waals surface area (Å²) in [5.41, 5.74) is 3.47. The van der Waals surface area contributed by atoms with Gasteiger partial charge in [0.05, 0.1) is 11.9 Å².